The van der Waals surface area contributed by atoms with E-state index in [0.717, 1.165) is 30.5 Å². The zero-order valence-electron chi connectivity index (χ0n) is 13.7. The van der Waals surface area contributed by atoms with Crippen LogP contribution in [-0.2, 0) is 16.0 Å². The number of likely N-dealkylation sites (tertiary alicyclic amines) is 1. The summed E-state index contributed by atoms with van der Waals surface area (Å²) in [5.41, 5.74) is 2.09. The van der Waals surface area contributed by atoms with E-state index in [1.807, 2.05) is 34.7 Å². The van der Waals surface area contributed by atoms with Crippen LogP contribution in [0.2, 0.25) is 0 Å². The maximum absolute atomic E-state index is 12.5. The zero-order chi connectivity index (χ0) is 16.9. The molecular weight excluding hydrogens is 322 g/mol. The number of thiophene rings is 1. The van der Waals surface area contributed by atoms with Crippen LogP contribution in [0.25, 0.3) is 0 Å². The van der Waals surface area contributed by atoms with Gasteiger partial charge >= 0.3 is 0 Å². The van der Waals surface area contributed by atoms with E-state index in [-0.39, 0.29) is 17.7 Å². The number of nitrogens with zero attached hydrogens (tertiary/aromatic N) is 2. The van der Waals surface area contributed by atoms with Gasteiger partial charge in [-0.1, -0.05) is 6.07 Å². The molecule has 126 valence electrons. The molecule has 2 aromatic rings. The summed E-state index contributed by atoms with van der Waals surface area (Å²) in [7, 11) is 0. The fraction of sp³-hybridized carbons (Fsp3) is 0.389. The number of rotatable bonds is 4. The summed E-state index contributed by atoms with van der Waals surface area (Å²) >= 11 is 1.59. The lowest BCUT2D eigenvalue weighted by molar-refractivity contribution is -0.133. The molecule has 1 atom stereocenters. The highest BCUT2D eigenvalue weighted by Crippen LogP contribution is 2.20. The van der Waals surface area contributed by atoms with Crippen molar-refractivity contribution >= 4 is 29.0 Å². The molecule has 2 aromatic heterocycles. The molecule has 0 saturated carbocycles. The van der Waals surface area contributed by atoms with Crippen molar-refractivity contribution in [2.45, 2.75) is 26.2 Å². The second-order valence-corrected chi connectivity index (χ2v) is 6.98. The molecule has 1 N–H and O–H groups in total. The maximum Gasteiger partial charge on any atom is 0.230 e. The summed E-state index contributed by atoms with van der Waals surface area (Å²) in [4.78, 5) is 30.9. The Labute approximate surface area is 145 Å². The highest BCUT2D eigenvalue weighted by Gasteiger charge is 2.28. The second kappa shape index (κ2) is 7.57. The van der Waals surface area contributed by atoms with E-state index >= 15 is 0 Å². The van der Waals surface area contributed by atoms with Crippen molar-refractivity contribution < 1.29 is 9.59 Å². The normalized spacial score (nSPS) is 17.5. The zero-order valence-corrected chi connectivity index (χ0v) is 14.5. The van der Waals surface area contributed by atoms with Crippen molar-refractivity contribution in [2.24, 2.45) is 5.92 Å². The molecular formula is C18H21N3O2S. The molecule has 0 radical (unpaired) electrons. The molecule has 1 saturated heterocycles. The van der Waals surface area contributed by atoms with Crippen LogP contribution < -0.4 is 5.32 Å². The minimum absolute atomic E-state index is 0.0561. The van der Waals surface area contributed by atoms with Crippen molar-refractivity contribution in [2.75, 3.05) is 18.4 Å². The lowest BCUT2D eigenvalue weighted by atomic mass is 9.96. The molecule has 1 aliphatic heterocycles. The number of pyridine rings is 1. The molecule has 0 bridgehead atoms. The summed E-state index contributed by atoms with van der Waals surface area (Å²) in [6.45, 7) is 3.17. The maximum atomic E-state index is 12.5. The van der Waals surface area contributed by atoms with Gasteiger partial charge in [0.15, 0.2) is 0 Å². The number of nitrogens with one attached hydrogen (secondary N) is 1. The van der Waals surface area contributed by atoms with Crippen molar-refractivity contribution in [1.82, 2.24) is 9.88 Å². The number of aromatic nitrogens is 1. The van der Waals surface area contributed by atoms with Gasteiger partial charge in [-0.2, -0.15) is 11.3 Å². The molecule has 1 unspecified atom stereocenters. The van der Waals surface area contributed by atoms with Crippen molar-refractivity contribution in [3.8, 4) is 0 Å². The lowest BCUT2D eigenvalue weighted by Crippen LogP contribution is -2.44. The van der Waals surface area contributed by atoms with Crippen LogP contribution in [0.15, 0.2) is 35.2 Å². The Kier molecular flexibility index (Phi) is 5.25. The first-order chi connectivity index (χ1) is 11.6. The van der Waals surface area contributed by atoms with Crippen LogP contribution in [0.3, 0.4) is 0 Å². The molecule has 3 heterocycles. The first-order valence-electron chi connectivity index (χ1n) is 8.14. The van der Waals surface area contributed by atoms with Crippen LogP contribution in [0.4, 0.5) is 5.82 Å². The SMILES string of the molecule is Cc1ccc(NC(=O)C2CCCN(C(=O)Cc3ccsc3)C2)nc1. The predicted molar refractivity (Wildman–Crippen MR) is 94.9 cm³/mol. The number of carbonyl (C=O) groups is 2. The lowest BCUT2D eigenvalue weighted by Gasteiger charge is -2.32. The highest BCUT2D eigenvalue weighted by molar-refractivity contribution is 7.08. The number of hydrogen-bond donors (Lipinski definition) is 1. The second-order valence-electron chi connectivity index (χ2n) is 6.20. The number of carbonyl (C=O) groups excluding carboxylic acids is 2. The van der Waals surface area contributed by atoms with Gasteiger partial charge in [0.05, 0.1) is 12.3 Å². The molecule has 24 heavy (non-hydrogen) atoms. The predicted octanol–water partition coefficient (Wildman–Crippen LogP) is 2.87. The standard InChI is InChI=1S/C18H21N3O2S/c1-13-4-5-16(19-10-13)20-18(23)15-3-2-7-21(11-15)17(22)9-14-6-8-24-12-14/h4-6,8,10,12,15H,2-3,7,9,11H2,1H3,(H,19,20,23). The van der Waals surface area contributed by atoms with Gasteiger partial charge in [-0.15, -0.1) is 0 Å². The summed E-state index contributed by atoms with van der Waals surface area (Å²) in [5, 5.41) is 6.83. The molecule has 0 spiro atoms. The Morgan fingerprint density at radius 2 is 2.25 bits per heavy atom. The van der Waals surface area contributed by atoms with E-state index in [9.17, 15) is 9.59 Å². The number of amides is 2. The average molecular weight is 343 g/mol. The van der Waals surface area contributed by atoms with E-state index in [2.05, 4.69) is 10.3 Å². The molecule has 2 amide bonds. The molecule has 0 aliphatic carbocycles. The van der Waals surface area contributed by atoms with Crippen LogP contribution in [0.5, 0.6) is 0 Å². The van der Waals surface area contributed by atoms with Gasteiger partial charge in [-0.25, -0.2) is 4.98 Å². The Morgan fingerprint density at radius 3 is 2.96 bits per heavy atom. The molecule has 6 heteroatoms. The minimum Gasteiger partial charge on any atom is -0.342 e. The first kappa shape index (κ1) is 16.6. The molecule has 1 fully saturated rings. The summed E-state index contributed by atoms with van der Waals surface area (Å²) in [6, 6.07) is 5.69. The van der Waals surface area contributed by atoms with Gasteiger partial charge in [0.2, 0.25) is 11.8 Å². The number of piperidine rings is 1. The van der Waals surface area contributed by atoms with Crippen LogP contribution in [-0.4, -0.2) is 34.8 Å². The topological polar surface area (TPSA) is 62.3 Å². The summed E-state index contributed by atoms with van der Waals surface area (Å²) in [5.74, 6) is 0.430. The monoisotopic (exact) mass is 343 g/mol. The first-order valence-corrected chi connectivity index (χ1v) is 9.08. The summed E-state index contributed by atoms with van der Waals surface area (Å²) in [6.07, 6.45) is 3.80. The fourth-order valence-corrected chi connectivity index (χ4v) is 3.54. The van der Waals surface area contributed by atoms with Gasteiger partial charge in [-0.3, -0.25) is 9.59 Å². The van der Waals surface area contributed by atoms with Gasteiger partial charge in [0.25, 0.3) is 0 Å². The smallest absolute Gasteiger partial charge is 0.230 e. The third-order valence-corrected chi connectivity index (χ3v) is 4.98. The molecule has 5 nitrogen and oxygen atoms in total. The number of hydrogen-bond acceptors (Lipinski definition) is 4. The van der Waals surface area contributed by atoms with Gasteiger partial charge in [0.1, 0.15) is 5.82 Å². The quantitative estimate of drug-likeness (QED) is 0.928. The minimum atomic E-state index is -0.173. The van der Waals surface area contributed by atoms with Gasteiger partial charge in [0, 0.05) is 19.3 Å². The van der Waals surface area contributed by atoms with E-state index in [0.29, 0.717) is 18.8 Å². The third kappa shape index (κ3) is 4.20. The fourth-order valence-electron chi connectivity index (χ4n) is 2.87. The highest BCUT2D eigenvalue weighted by atomic mass is 32.1. The van der Waals surface area contributed by atoms with E-state index in [1.165, 1.54) is 0 Å². The largest absolute Gasteiger partial charge is 0.342 e. The third-order valence-electron chi connectivity index (χ3n) is 4.24. The van der Waals surface area contributed by atoms with E-state index in [4.69, 9.17) is 0 Å². The Hall–Kier alpha value is -2.21. The van der Waals surface area contributed by atoms with E-state index in [1.54, 1.807) is 23.6 Å². The van der Waals surface area contributed by atoms with Crippen molar-refractivity contribution in [1.29, 1.82) is 0 Å². The van der Waals surface area contributed by atoms with Crippen LogP contribution in [0, 0.1) is 12.8 Å². The summed E-state index contributed by atoms with van der Waals surface area (Å²) < 4.78 is 0. The number of aryl methyl sites for hydroxylation is 1. The Morgan fingerprint density at radius 1 is 1.38 bits per heavy atom. The van der Waals surface area contributed by atoms with Crippen LogP contribution in [0.1, 0.15) is 24.0 Å². The van der Waals surface area contributed by atoms with E-state index < -0.39 is 0 Å². The van der Waals surface area contributed by atoms with Gasteiger partial charge < -0.3 is 10.2 Å². The van der Waals surface area contributed by atoms with Crippen molar-refractivity contribution in [3.63, 3.8) is 0 Å². The number of anilines is 1. The van der Waals surface area contributed by atoms with Crippen molar-refractivity contribution in [3.05, 3.63) is 46.3 Å². The molecule has 0 aromatic carbocycles. The molecule has 1 aliphatic rings. The molecule has 3 rings (SSSR count). The van der Waals surface area contributed by atoms with Gasteiger partial charge in [-0.05, 0) is 53.8 Å². The Balaban J connectivity index is 1.57. The Bertz CT molecular complexity index is 698. The average Bonchev–Trinajstić information content (AvgIpc) is 3.10. The van der Waals surface area contributed by atoms with Crippen LogP contribution >= 0.6 is 11.3 Å².